The molecule has 1 aliphatic rings. The van der Waals surface area contributed by atoms with Crippen LogP contribution in [0.15, 0.2) is 0 Å². The highest BCUT2D eigenvalue weighted by atomic mass is 32.2. The molecule has 1 saturated carbocycles. The first-order chi connectivity index (χ1) is 7.53. The van der Waals surface area contributed by atoms with Gasteiger partial charge in [-0.1, -0.05) is 6.92 Å². The number of hydrogen-bond donors (Lipinski definition) is 1. The first kappa shape index (κ1) is 13.9. The molecule has 0 spiro atoms. The molecular weight excluding hydrogens is 226 g/mol. The predicted molar refractivity (Wildman–Crippen MR) is 65.1 cm³/mol. The molecule has 0 unspecified atom stereocenters. The molecule has 0 heterocycles. The van der Waals surface area contributed by atoms with E-state index in [0.29, 0.717) is 19.1 Å². The minimum atomic E-state index is -2.89. The van der Waals surface area contributed by atoms with Gasteiger partial charge in [0.25, 0.3) is 0 Å². The van der Waals surface area contributed by atoms with Crippen LogP contribution < -0.4 is 5.73 Å². The van der Waals surface area contributed by atoms with E-state index < -0.39 is 9.84 Å². The molecule has 4 nitrogen and oxygen atoms in total. The average Bonchev–Trinajstić information content (AvgIpc) is 2.20. The molecule has 1 aliphatic carbocycles. The molecule has 0 aromatic carbocycles. The third kappa shape index (κ3) is 5.27. The van der Waals surface area contributed by atoms with Crippen LogP contribution in [0.1, 0.15) is 39.0 Å². The van der Waals surface area contributed by atoms with Gasteiger partial charge in [-0.3, -0.25) is 0 Å². The topological polar surface area (TPSA) is 69.4 Å². The summed E-state index contributed by atoms with van der Waals surface area (Å²) in [6.07, 6.45) is 4.82. The van der Waals surface area contributed by atoms with Crippen molar-refractivity contribution >= 4 is 9.84 Å². The smallest absolute Gasteiger partial charge is 0.152 e. The van der Waals surface area contributed by atoms with Crippen LogP contribution in [0, 0.1) is 0 Å². The van der Waals surface area contributed by atoms with E-state index in [1.807, 2.05) is 6.92 Å². The number of rotatable bonds is 6. The van der Waals surface area contributed by atoms with E-state index in [0.717, 1.165) is 25.7 Å². The third-order valence-electron chi connectivity index (χ3n) is 2.98. The van der Waals surface area contributed by atoms with Crippen LogP contribution in [0.5, 0.6) is 0 Å². The Morgan fingerprint density at radius 2 is 1.81 bits per heavy atom. The Bertz CT molecular complexity index is 282. The largest absolute Gasteiger partial charge is 0.377 e. The summed E-state index contributed by atoms with van der Waals surface area (Å²) in [5.41, 5.74) is 5.78. The quantitative estimate of drug-likeness (QED) is 0.765. The molecule has 0 aromatic heterocycles. The first-order valence-corrected chi connectivity index (χ1v) is 7.93. The van der Waals surface area contributed by atoms with Gasteiger partial charge in [0, 0.05) is 11.8 Å². The SMILES string of the molecule is CCCS(=O)(=O)CCOC1CCC(N)CC1. The summed E-state index contributed by atoms with van der Waals surface area (Å²) in [5.74, 6) is 0.426. The summed E-state index contributed by atoms with van der Waals surface area (Å²) < 4.78 is 28.4. The second kappa shape index (κ2) is 6.57. The summed E-state index contributed by atoms with van der Waals surface area (Å²) in [6.45, 7) is 2.21. The van der Waals surface area contributed by atoms with Crippen molar-refractivity contribution in [3.05, 3.63) is 0 Å². The fourth-order valence-corrected chi connectivity index (χ4v) is 3.19. The lowest BCUT2D eigenvalue weighted by Gasteiger charge is -2.26. The molecule has 2 N–H and O–H groups in total. The first-order valence-electron chi connectivity index (χ1n) is 6.11. The Morgan fingerprint density at radius 1 is 1.19 bits per heavy atom. The fourth-order valence-electron chi connectivity index (χ4n) is 2.01. The van der Waals surface area contributed by atoms with Gasteiger partial charge in [0.2, 0.25) is 0 Å². The van der Waals surface area contributed by atoms with Gasteiger partial charge in [-0.25, -0.2) is 8.42 Å². The molecule has 16 heavy (non-hydrogen) atoms. The van der Waals surface area contributed by atoms with Crippen LogP contribution >= 0.6 is 0 Å². The Kier molecular flexibility index (Phi) is 5.72. The molecule has 0 aliphatic heterocycles. The van der Waals surface area contributed by atoms with Crippen molar-refractivity contribution < 1.29 is 13.2 Å². The minimum Gasteiger partial charge on any atom is -0.377 e. The van der Waals surface area contributed by atoms with E-state index in [4.69, 9.17) is 10.5 Å². The minimum absolute atomic E-state index is 0.156. The van der Waals surface area contributed by atoms with Crippen molar-refractivity contribution in [1.82, 2.24) is 0 Å². The van der Waals surface area contributed by atoms with Gasteiger partial charge in [0.1, 0.15) is 0 Å². The maximum atomic E-state index is 11.4. The maximum Gasteiger partial charge on any atom is 0.152 e. The lowest BCUT2D eigenvalue weighted by atomic mass is 9.94. The summed E-state index contributed by atoms with van der Waals surface area (Å²) in [6, 6.07) is 0.309. The zero-order valence-corrected chi connectivity index (χ0v) is 10.8. The highest BCUT2D eigenvalue weighted by Crippen LogP contribution is 2.19. The molecule has 1 rings (SSSR count). The standard InChI is InChI=1S/C11H23NO3S/c1-2-8-16(13,14)9-7-15-11-5-3-10(12)4-6-11/h10-11H,2-9,12H2,1H3. The normalized spacial score (nSPS) is 26.9. The molecule has 0 aromatic rings. The van der Waals surface area contributed by atoms with Crippen LogP contribution in [0.4, 0.5) is 0 Å². The van der Waals surface area contributed by atoms with E-state index in [1.165, 1.54) is 0 Å². The second-order valence-electron chi connectivity index (χ2n) is 4.56. The fraction of sp³-hybridized carbons (Fsp3) is 1.00. The second-order valence-corrected chi connectivity index (χ2v) is 6.86. The van der Waals surface area contributed by atoms with E-state index in [2.05, 4.69) is 0 Å². The number of hydrogen-bond acceptors (Lipinski definition) is 4. The van der Waals surface area contributed by atoms with Gasteiger partial charge >= 0.3 is 0 Å². The van der Waals surface area contributed by atoms with Gasteiger partial charge in [0.15, 0.2) is 9.84 Å². The van der Waals surface area contributed by atoms with E-state index in [-0.39, 0.29) is 17.6 Å². The van der Waals surface area contributed by atoms with Crippen molar-refractivity contribution in [3.63, 3.8) is 0 Å². The van der Waals surface area contributed by atoms with Crippen LogP contribution in [0.25, 0.3) is 0 Å². The summed E-state index contributed by atoms with van der Waals surface area (Å²) >= 11 is 0. The summed E-state index contributed by atoms with van der Waals surface area (Å²) in [7, 11) is -2.89. The van der Waals surface area contributed by atoms with Gasteiger partial charge in [-0.15, -0.1) is 0 Å². The van der Waals surface area contributed by atoms with E-state index in [1.54, 1.807) is 0 Å². The van der Waals surface area contributed by atoms with Crippen molar-refractivity contribution in [2.45, 2.75) is 51.2 Å². The Balaban J connectivity index is 2.16. The average molecular weight is 249 g/mol. The molecule has 5 heteroatoms. The Labute approximate surface area is 98.5 Å². The molecule has 1 fully saturated rings. The van der Waals surface area contributed by atoms with Gasteiger partial charge in [-0.05, 0) is 32.1 Å². The van der Waals surface area contributed by atoms with Crippen LogP contribution in [-0.2, 0) is 14.6 Å². The Hall–Kier alpha value is -0.130. The van der Waals surface area contributed by atoms with Crippen LogP contribution in [-0.4, -0.2) is 38.7 Å². The van der Waals surface area contributed by atoms with Crippen LogP contribution in [0.3, 0.4) is 0 Å². The molecule has 0 radical (unpaired) electrons. The molecular formula is C11H23NO3S. The van der Waals surface area contributed by atoms with Gasteiger partial charge in [-0.2, -0.15) is 0 Å². The number of sulfone groups is 1. The summed E-state index contributed by atoms with van der Waals surface area (Å²) in [4.78, 5) is 0. The highest BCUT2D eigenvalue weighted by molar-refractivity contribution is 7.91. The lowest BCUT2D eigenvalue weighted by molar-refractivity contribution is 0.0344. The monoisotopic (exact) mass is 249 g/mol. The van der Waals surface area contributed by atoms with Crippen LogP contribution in [0.2, 0.25) is 0 Å². The molecule has 0 saturated heterocycles. The van der Waals surface area contributed by atoms with Gasteiger partial charge < -0.3 is 10.5 Å². The molecule has 0 atom stereocenters. The van der Waals surface area contributed by atoms with Crippen molar-refractivity contribution in [1.29, 1.82) is 0 Å². The molecule has 0 bridgehead atoms. The number of nitrogens with two attached hydrogens (primary N) is 1. The van der Waals surface area contributed by atoms with Crippen molar-refractivity contribution in [2.75, 3.05) is 18.1 Å². The summed E-state index contributed by atoms with van der Waals surface area (Å²) in [5, 5.41) is 0. The molecule has 0 amide bonds. The molecule has 96 valence electrons. The van der Waals surface area contributed by atoms with Gasteiger partial charge in [0.05, 0.1) is 18.5 Å². The maximum absolute atomic E-state index is 11.4. The van der Waals surface area contributed by atoms with E-state index >= 15 is 0 Å². The Morgan fingerprint density at radius 3 is 2.38 bits per heavy atom. The zero-order chi connectivity index (χ0) is 12.0. The highest BCUT2D eigenvalue weighted by Gasteiger charge is 2.19. The lowest BCUT2D eigenvalue weighted by Crippen LogP contribution is -2.31. The van der Waals surface area contributed by atoms with E-state index in [9.17, 15) is 8.42 Å². The van der Waals surface area contributed by atoms with Crippen molar-refractivity contribution in [3.8, 4) is 0 Å². The number of ether oxygens (including phenoxy) is 1. The third-order valence-corrected chi connectivity index (χ3v) is 4.80. The predicted octanol–water partition coefficient (Wildman–Crippen LogP) is 1.10. The zero-order valence-electron chi connectivity index (χ0n) is 10.0. The van der Waals surface area contributed by atoms with Crippen molar-refractivity contribution in [2.24, 2.45) is 5.73 Å².